The highest BCUT2D eigenvalue weighted by Gasteiger charge is 2.07. The van der Waals surface area contributed by atoms with Crippen LogP contribution in [0.25, 0.3) is 0 Å². The summed E-state index contributed by atoms with van der Waals surface area (Å²) in [5.74, 6) is 0.870. The number of halogens is 1. The molecule has 2 aromatic heterocycles. The van der Waals surface area contributed by atoms with Gasteiger partial charge >= 0.3 is 0 Å². The Labute approximate surface area is 165 Å². The number of nitrogens with zero attached hydrogens (tertiary/aromatic N) is 4. The van der Waals surface area contributed by atoms with Crippen molar-refractivity contribution < 1.29 is 0 Å². The molecule has 2 heterocycles. The molecule has 0 saturated heterocycles. The van der Waals surface area contributed by atoms with Gasteiger partial charge in [0.05, 0.1) is 0 Å². The molecule has 0 aromatic carbocycles. The van der Waals surface area contributed by atoms with E-state index in [4.69, 9.17) is 0 Å². The third-order valence-electron chi connectivity index (χ3n) is 3.51. The average Bonchev–Trinajstić information content (AvgIpc) is 3.17. The molecule has 0 saturated carbocycles. The number of nitrogens with one attached hydrogen (secondary N) is 2. The van der Waals surface area contributed by atoms with Crippen LogP contribution in [0.15, 0.2) is 29.8 Å². The van der Waals surface area contributed by atoms with E-state index in [0.717, 1.165) is 38.3 Å². The van der Waals surface area contributed by atoms with Gasteiger partial charge in [-0.05, 0) is 38.8 Å². The number of thiophene rings is 1. The lowest BCUT2D eigenvalue weighted by atomic mass is 10.2. The van der Waals surface area contributed by atoms with Crippen LogP contribution in [0.2, 0.25) is 0 Å². The van der Waals surface area contributed by atoms with Crippen LogP contribution in [-0.2, 0) is 13.0 Å². The number of guanidine groups is 1. The van der Waals surface area contributed by atoms with Gasteiger partial charge in [0, 0.05) is 42.4 Å². The Balaban J connectivity index is 0.00000288. The van der Waals surface area contributed by atoms with E-state index in [1.807, 2.05) is 23.0 Å². The summed E-state index contributed by atoms with van der Waals surface area (Å²) in [6.45, 7) is 6.20. The third-order valence-corrected chi connectivity index (χ3v) is 4.54. The summed E-state index contributed by atoms with van der Waals surface area (Å²) in [6.07, 6.45) is 6.69. The maximum atomic E-state index is 4.30. The largest absolute Gasteiger partial charge is 0.356 e. The number of aromatic nitrogens is 3. The van der Waals surface area contributed by atoms with E-state index < -0.39 is 0 Å². The van der Waals surface area contributed by atoms with Crippen LogP contribution in [0.5, 0.6) is 0 Å². The fourth-order valence-electron chi connectivity index (χ4n) is 2.34. The monoisotopic (exact) mass is 462 g/mol. The van der Waals surface area contributed by atoms with Crippen molar-refractivity contribution in [3.63, 3.8) is 0 Å². The van der Waals surface area contributed by atoms with Crippen molar-refractivity contribution in [3.05, 3.63) is 34.5 Å². The molecule has 0 amide bonds. The summed E-state index contributed by atoms with van der Waals surface area (Å²) >= 11 is 1.86. The Morgan fingerprint density at radius 3 is 2.67 bits per heavy atom. The first-order valence-corrected chi connectivity index (χ1v) is 8.84. The molecule has 0 aliphatic carbocycles. The zero-order chi connectivity index (χ0) is 16.5. The number of hydrogen-bond donors (Lipinski definition) is 2. The Morgan fingerprint density at radius 1 is 1.29 bits per heavy atom. The van der Waals surface area contributed by atoms with Gasteiger partial charge in [0.25, 0.3) is 0 Å². The van der Waals surface area contributed by atoms with Gasteiger partial charge in [-0.2, -0.15) is 0 Å². The maximum absolute atomic E-state index is 4.30. The van der Waals surface area contributed by atoms with E-state index in [-0.39, 0.29) is 24.0 Å². The van der Waals surface area contributed by atoms with Crippen LogP contribution >= 0.6 is 35.3 Å². The SMILES string of the molecule is CN=C(NCCCCn1cnnc1)NC(C)Cc1ccc(C)s1.I. The zero-order valence-corrected chi connectivity index (χ0v) is 17.7. The molecule has 134 valence electrons. The molecule has 0 spiro atoms. The predicted molar refractivity (Wildman–Crippen MR) is 111 cm³/mol. The first-order valence-electron chi connectivity index (χ1n) is 8.02. The van der Waals surface area contributed by atoms with Crippen molar-refractivity contribution in [2.75, 3.05) is 13.6 Å². The van der Waals surface area contributed by atoms with Crippen molar-refractivity contribution in [1.29, 1.82) is 0 Å². The third kappa shape index (κ3) is 7.61. The van der Waals surface area contributed by atoms with Gasteiger partial charge < -0.3 is 15.2 Å². The lowest BCUT2D eigenvalue weighted by Crippen LogP contribution is -2.43. The van der Waals surface area contributed by atoms with Crippen LogP contribution in [-0.4, -0.2) is 40.4 Å². The van der Waals surface area contributed by atoms with E-state index in [2.05, 4.69) is 51.8 Å². The summed E-state index contributed by atoms with van der Waals surface area (Å²) in [6, 6.07) is 4.74. The van der Waals surface area contributed by atoms with E-state index in [1.165, 1.54) is 9.75 Å². The van der Waals surface area contributed by atoms with Gasteiger partial charge in [0.1, 0.15) is 12.7 Å². The van der Waals surface area contributed by atoms with Gasteiger partial charge in [-0.1, -0.05) is 0 Å². The first-order chi connectivity index (χ1) is 11.2. The van der Waals surface area contributed by atoms with E-state index in [1.54, 1.807) is 12.7 Å². The molecular weight excluding hydrogens is 435 g/mol. The highest BCUT2D eigenvalue weighted by atomic mass is 127. The summed E-state index contributed by atoms with van der Waals surface area (Å²) in [5, 5.41) is 14.4. The minimum absolute atomic E-state index is 0. The molecule has 2 aromatic rings. The molecular formula is C16H27IN6S. The molecule has 2 rings (SSSR count). The van der Waals surface area contributed by atoms with Gasteiger partial charge in [0.2, 0.25) is 0 Å². The molecule has 1 unspecified atom stereocenters. The lowest BCUT2D eigenvalue weighted by Gasteiger charge is -2.17. The van der Waals surface area contributed by atoms with Gasteiger partial charge in [-0.25, -0.2) is 0 Å². The van der Waals surface area contributed by atoms with E-state index in [9.17, 15) is 0 Å². The number of rotatable bonds is 8. The predicted octanol–water partition coefficient (Wildman–Crippen LogP) is 2.84. The fourth-order valence-corrected chi connectivity index (χ4v) is 3.36. The highest BCUT2D eigenvalue weighted by Crippen LogP contribution is 2.16. The molecule has 2 N–H and O–H groups in total. The van der Waals surface area contributed by atoms with Crippen LogP contribution in [0.1, 0.15) is 29.5 Å². The molecule has 8 heteroatoms. The summed E-state index contributed by atoms with van der Waals surface area (Å²) in [5.41, 5.74) is 0. The van der Waals surface area contributed by atoms with Crippen molar-refractivity contribution >= 4 is 41.3 Å². The van der Waals surface area contributed by atoms with Gasteiger partial charge in [0.15, 0.2) is 5.96 Å². The Kier molecular flexibility index (Phi) is 9.92. The zero-order valence-electron chi connectivity index (χ0n) is 14.5. The number of aryl methyl sites for hydroxylation is 2. The van der Waals surface area contributed by atoms with Crippen LogP contribution in [0.4, 0.5) is 0 Å². The van der Waals surface area contributed by atoms with Crippen LogP contribution < -0.4 is 10.6 Å². The smallest absolute Gasteiger partial charge is 0.191 e. The second-order valence-electron chi connectivity index (χ2n) is 5.67. The molecule has 6 nitrogen and oxygen atoms in total. The summed E-state index contributed by atoms with van der Waals surface area (Å²) in [7, 11) is 1.81. The molecule has 0 bridgehead atoms. The highest BCUT2D eigenvalue weighted by molar-refractivity contribution is 14.0. The molecule has 0 fully saturated rings. The van der Waals surface area contributed by atoms with Crippen LogP contribution in [0.3, 0.4) is 0 Å². The van der Waals surface area contributed by atoms with Gasteiger partial charge in [-0.15, -0.1) is 45.5 Å². The van der Waals surface area contributed by atoms with Crippen molar-refractivity contribution in [1.82, 2.24) is 25.4 Å². The summed E-state index contributed by atoms with van der Waals surface area (Å²) in [4.78, 5) is 7.07. The topological polar surface area (TPSA) is 67.1 Å². The van der Waals surface area contributed by atoms with Crippen molar-refractivity contribution in [2.24, 2.45) is 4.99 Å². The minimum Gasteiger partial charge on any atom is -0.356 e. The molecule has 1 atom stereocenters. The molecule has 0 aliphatic heterocycles. The fraction of sp³-hybridized carbons (Fsp3) is 0.562. The average molecular weight is 462 g/mol. The molecule has 0 radical (unpaired) electrons. The Bertz CT molecular complexity index is 595. The van der Waals surface area contributed by atoms with Crippen molar-refractivity contribution in [3.8, 4) is 0 Å². The Hall–Kier alpha value is -1.16. The van der Waals surface area contributed by atoms with Crippen LogP contribution in [0, 0.1) is 6.92 Å². The first kappa shape index (κ1) is 20.9. The maximum Gasteiger partial charge on any atom is 0.191 e. The molecule has 24 heavy (non-hydrogen) atoms. The van der Waals surface area contributed by atoms with E-state index >= 15 is 0 Å². The minimum atomic E-state index is 0. The number of unbranched alkanes of at least 4 members (excludes halogenated alkanes) is 1. The second kappa shape index (κ2) is 11.4. The Morgan fingerprint density at radius 2 is 2.04 bits per heavy atom. The second-order valence-corrected chi connectivity index (χ2v) is 7.04. The number of hydrogen-bond acceptors (Lipinski definition) is 4. The standard InChI is InChI=1S/C16H26N6S.HI/c1-13(10-15-7-6-14(2)23-15)21-16(17-3)18-8-4-5-9-22-11-19-20-12-22;/h6-7,11-13H,4-5,8-10H2,1-3H3,(H2,17,18,21);1H. The van der Waals surface area contributed by atoms with Gasteiger partial charge in [-0.3, -0.25) is 4.99 Å². The quantitative estimate of drug-likeness (QED) is 0.274. The van der Waals surface area contributed by atoms with E-state index in [0.29, 0.717) is 6.04 Å². The summed E-state index contributed by atoms with van der Waals surface area (Å²) < 4.78 is 2.00. The lowest BCUT2D eigenvalue weighted by molar-refractivity contribution is 0.590. The number of aliphatic imine (C=N–C) groups is 1. The van der Waals surface area contributed by atoms with Crippen molar-refractivity contribution in [2.45, 2.75) is 45.7 Å². The molecule has 0 aliphatic rings. The normalized spacial score (nSPS) is 12.5.